The van der Waals surface area contributed by atoms with Crippen molar-refractivity contribution >= 4 is 34.5 Å². The van der Waals surface area contributed by atoms with Gasteiger partial charge in [-0.1, -0.05) is 56.6 Å². The number of amides is 1. The maximum Gasteiger partial charge on any atom is 0.224 e. The van der Waals surface area contributed by atoms with Gasteiger partial charge in [-0.3, -0.25) is 4.79 Å². The van der Waals surface area contributed by atoms with Crippen molar-refractivity contribution in [3.05, 3.63) is 58.9 Å². The van der Waals surface area contributed by atoms with Crippen LogP contribution < -0.4 is 5.32 Å². The molecule has 134 valence electrons. The molecule has 26 heavy (non-hydrogen) atoms. The van der Waals surface area contributed by atoms with Crippen LogP contribution in [-0.4, -0.2) is 10.9 Å². The Hall–Kier alpha value is -2.17. The molecule has 0 saturated heterocycles. The maximum absolute atomic E-state index is 12.2. The normalized spacial score (nSPS) is 11.4. The second-order valence-electron chi connectivity index (χ2n) is 7.41. The lowest BCUT2D eigenvalue weighted by molar-refractivity contribution is -0.117. The van der Waals surface area contributed by atoms with Crippen LogP contribution >= 0.6 is 22.9 Å². The average Bonchev–Trinajstić information content (AvgIpc) is 3.04. The molecular weight excluding hydrogens is 364 g/mol. The van der Waals surface area contributed by atoms with E-state index in [4.69, 9.17) is 16.6 Å². The summed E-state index contributed by atoms with van der Waals surface area (Å²) in [7, 11) is 0. The number of carbonyl (C=O) groups is 1. The van der Waals surface area contributed by atoms with Crippen LogP contribution in [0.5, 0.6) is 0 Å². The Morgan fingerprint density at radius 1 is 1.12 bits per heavy atom. The number of nitrogens with one attached hydrogen (secondary N) is 1. The van der Waals surface area contributed by atoms with Crippen molar-refractivity contribution in [1.29, 1.82) is 0 Å². The number of aromatic nitrogens is 1. The standard InChI is InChI=1S/C21H21ClN2OS/c1-21(2,3)12-19(25)23-17-6-4-5-15(11-17)18-13-26-20(24-18)14-7-9-16(22)10-8-14/h4-11,13H,12H2,1-3H3,(H,23,25). The molecule has 1 heterocycles. The van der Waals surface area contributed by atoms with Crippen LogP contribution in [0.4, 0.5) is 5.69 Å². The lowest BCUT2D eigenvalue weighted by atomic mass is 9.92. The fourth-order valence-electron chi connectivity index (χ4n) is 2.57. The van der Waals surface area contributed by atoms with Gasteiger partial charge in [0.05, 0.1) is 5.69 Å². The zero-order valence-electron chi connectivity index (χ0n) is 15.0. The molecule has 0 radical (unpaired) electrons. The van der Waals surface area contributed by atoms with E-state index in [1.807, 2.05) is 53.9 Å². The van der Waals surface area contributed by atoms with Gasteiger partial charge in [0.15, 0.2) is 0 Å². The number of carbonyl (C=O) groups excluding carboxylic acids is 1. The van der Waals surface area contributed by atoms with Gasteiger partial charge in [0, 0.05) is 33.6 Å². The number of nitrogens with zero attached hydrogens (tertiary/aromatic N) is 1. The summed E-state index contributed by atoms with van der Waals surface area (Å²) < 4.78 is 0. The molecule has 2 aromatic carbocycles. The van der Waals surface area contributed by atoms with Crippen LogP contribution in [0.2, 0.25) is 5.02 Å². The molecule has 1 aromatic heterocycles. The Morgan fingerprint density at radius 2 is 1.85 bits per heavy atom. The number of thiazole rings is 1. The summed E-state index contributed by atoms with van der Waals surface area (Å²) in [4.78, 5) is 16.9. The minimum Gasteiger partial charge on any atom is -0.326 e. The van der Waals surface area contributed by atoms with Gasteiger partial charge in [-0.05, 0) is 29.7 Å². The molecule has 0 aliphatic rings. The molecule has 0 atom stereocenters. The molecule has 0 fully saturated rings. The monoisotopic (exact) mass is 384 g/mol. The van der Waals surface area contributed by atoms with E-state index in [1.165, 1.54) is 0 Å². The number of benzene rings is 2. The van der Waals surface area contributed by atoms with E-state index in [0.717, 1.165) is 27.5 Å². The molecule has 1 amide bonds. The molecular formula is C21H21ClN2OS. The topological polar surface area (TPSA) is 42.0 Å². The van der Waals surface area contributed by atoms with Gasteiger partial charge in [0.25, 0.3) is 0 Å². The third kappa shape index (κ3) is 4.93. The Kier molecular flexibility index (Phi) is 5.44. The predicted molar refractivity (Wildman–Crippen MR) is 111 cm³/mol. The van der Waals surface area contributed by atoms with Gasteiger partial charge in [0.2, 0.25) is 5.91 Å². The molecule has 0 saturated carbocycles. The lowest BCUT2D eigenvalue weighted by Gasteiger charge is -2.17. The van der Waals surface area contributed by atoms with Crippen molar-refractivity contribution in [1.82, 2.24) is 4.98 Å². The van der Waals surface area contributed by atoms with Gasteiger partial charge in [0.1, 0.15) is 5.01 Å². The Bertz CT molecular complexity index is 910. The Morgan fingerprint density at radius 3 is 2.54 bits per heavy atom. The molecule has 3 aromatic rings. The van der Waals surface area contributed by atoms with Gasteiger partial charge in [-0.15, -0.1) is 11.3 Å². The van der Waals surface area contributed by atoms with Crippen LogP contribution in [-0.2, 0) is 4.79 Å². The van der Waals surface area contributed by atoms with Crippen molar-refractivity contribution in [2.75, 3.05) is 5.32 Å². The highest BCUT2D eigenvalue weighted by atomic mass is 35.5. The molecule has 0 spiro atoms. The second-order valence-corrected chi connectivity index (χ2v) is 8.71. The third-order valence-electron chi connectivity index (χ3n) is 3.73. The van der Waals surface area contributed by atoms with Crippen molar-refractivity contribution in [2.24, 2.45) is 5.41 Å². The van der Waals surface area contributed by atoms with Crippen molar-refractivity contribution in [2.45, 2.75) is 27.2 Å². The van der Waals surface area contributed by atoms with E-state index in [0.29, 0.717) is 11.4 Å². The molecule has 5 heteroatoms. The summed E-state index contributed by atoms with van der Waals surface area (Å²) in [5, 5.41) is 6.66. The molecule has 1 N–H and O–H groups in total. The first-order chi connectivity index (χ1) is 12.3. The van der Waals surface area contributed by atoms with E-state index < -0.39 is 0 Å². The minimum atomic E-state index is -0.0376. The van der Waals surface area contributed by atoms with E-state index in [2.05, 4.69) is 26.1 Å². The van der Waals surface area contributed by atoms with Crippen molar-refractivity contribution in [3.63, 3.8) is 0 Å². The van der Waals surface area contributed by atoms with Gasteiger partial charge < -0.3 is 5.32 Å². The van der Waals surface area contributed by atoms with Crippen LogP contribution in [0, 0.1) is 5.41 Å². The van der Waals surface area contributed by atoms with Gasteiger partial charge in [-0.2, -0.15) is 0 Å². The number of halogens is 1. The van der Waals surface area contributed by atoms with Crippen molar-refractivity contribution in [3.8, 4) is 21.8 Å². The highest BCUT2D eigenvalue weighted by molar-refractivity contribution is 7.13. The van der Waals surface area contributed by atoms with Gasteiger partial charge in [-0.25, -0.2) is 4.98 Å². The minimum absolute atomic E-state index is 0.0229. The second kappa shape index (κ2) is 7.60. The largest absolute Gasteiger partial charge is 0.326 e. The zero-order valence-corrected chi connectivity index (χ0v) is 16.6. The van der Waals surface area contributed by atoms with E-state index in [-0.39, 0.29) is 11.3 Å². The van der Waals surface area contributed by atoms with Crippen LogP contribution in [0.1, 0.15) is 27.2 Å². The molecule has 3 nitrogen and oxygen atoms in total. The predicted octanol–water partition coefficient (Wildman–Crippen LogP) is 6.51. The summed E-state index contributed by atoms with van der Waals surface area (Å²) in [5.41, 5.74) is 3.67. The highest BCUT2D eigenvalue weighted by Gasteiger charge is 2.16. The number of hydrogen-bond acceptors (Lipinski definition) is 3. The number of hydrogen-bond donors (Lipinski definition) is 1. The summed E-state index contributed by atoms with van der Waals surface area (Å²) in [6.45, 7) is 6.16. The Labute approximate surface area is 163 Å². The van der Waals surface area contributed by atoms with Crippen LogP contribution in [0.25, 0.3) is 21.8 Å². The van der Waals surface area contributed by atoms with Crippen LogP contribution in [0.15, 0.2) is 53.9 Å². The molecule has 3 rings (SSSR count). The highest BCUT2D eigenvalue weighted by Crippen LogP contribution is 2.30. The van der Waals surface area contributed by atoms with E-state index in [1.54, 1.807) is 11.3 Å². The summed E-state index contributed by atoms with van der Waals surface area (Å²) >= 11 is 7.54. The Balaban J connectivity index is 1.78. The first-order valence-corrected chi connectivity index (χ1v) is 9.68. The SMILES string of the molecule is CC(C)(C)CC(=O)Nc1cccc(-c2csc(-c3ccc(Cl)cc3)n2)c1. The third-order valence-corrected chi connectivity index (χ3v) is 4.87. The number of anilines is 1. The molecule has 0 aliphatic carbocycles. The van der Waals surface area contributed by atoms with Crippen molar-refractivity contribution < 1.29 is 4.79 Å². The molecule has 0 aliphatic heterocycles. The molecule has 0 bridgehead atoms. The van der Waals surface area contributed by atoms with E-state index in [9.17, 15) is 4.79 Å². The van der Waals surface area contributed by atoms with Crippen LogP contribution in [0.3, 0.4) is 0 Å². The summed E-state index contributed by atoms with van der Waals surface area (Å²) in [6, 6.07) is 15.5. The average molecular weight is 385 g/mol. The lowest BCUT2D eigenvalue weighted by Crippen LogP contribution is -2.19. The number of rotatable bonds is 4. The first-order valence-electron chi connectivity index (χ1n) is 8.42. The fourth-order valence-corrected chi connectivity index (χ4v) is 3.54. The quantitative estimate of drug-likeness (QED) is 0.557. The first kappa shape index (κ1) is 18.6. The van der Waals surface area contributed by atoms with Gasteiger partial charge >= 0.3 is 0 Å². The molecule has 0 unspecified atom stereocenters. The summed E-state index contributed by atoms with van der Waals surface area (Å²) in [6.07, 6.45) is 0.481. The van der Waals surface area contributed by atoms with E-state index >= 15 is 0 Å². The smallest absolute Gasteiger partial charge is 0.224 e. The summed E-state index contributed by atoms with van der Waals surface area (Å²) in [5.74, 6) is 0.0229. The zero-order chi connectivity index (χ0) is 18.7. The fraction of sp³-hybridized carbons (Fsp3) is 0.238. The maximum atomic E-state index is 12.2.